The van der Waals surface area contributed by atoms with Crippen LogP contribution in [0.4, 0.5) is 17.1 Å². The third-order valence-electron chi connectivity index (χ3n) is 9.78. The smallest absolute Gasteiger partial charge is 0.0640 e. The lowest BCUT2D eigenvalue weighted by Gasteiger charge is -2.26. The quantitative estimate of drug-likeness (QED) is 0.181. The number of fused-ring (bicyclic) bond motifs is 7. The first-order valence-corrected chi connectivity index (χ1v) is 17.5. The Labute approximate surface area is 288 Å². The number of nitrogens with zero attached hydrogens (tertiary/aromatic N) is 2. The van der Waals surface area contributed by atoms with Gasteiger partial charge in [0.25, 0.3) is 0 Å². The molecule has 10 aromatic rings. The number of hydrogen-bond acceptors (Lipinski definition) is 2. The van der Waals surface area contributed by atoms with E-state index in [4.69, 9.17) is 0 Å². The fourth-order valence-electron chi connectivity index (χ4n) is 7.53. The van der Waals surface area contributed by atoms with Crippen molar-refractivity contribution in [1.29, 1.82) is 0 Å². The lowest BCUT2D eigenvalue weighted by Crippen LogP contribution is -2.09. The molecule has 2 heterocycles. The van der Waals surface area contributed by atoms with Crippen LogP contribution in [0.2, 0.25) is 0 Å². The number of anilines is 3. The van der Waals surface area contributed by atoms with E-state index < -0.39 is 0 Å². The second kappa shape index (κ2) is 11.2. The predicted molar refractivity (Wildman–Crippen MR) is 211 cm³/mol. The van der Waals surface area contributed by atoms with Crippen LogP contribution < -0.4 is 4.90 Å². The van der Waals surface area contributed by atoms with E-state index in [1.807, 2.05) is 11.3 Å². The topological polar surface area (TPSA) is 8.17 Å². The highest BCUT2D eigenvalue weighted by molar-refractivity contribution is 7.26. The van der Waals surface area contributed by atoms with Gasteiger partial charge in [0.15, 0.2) is 0 Å². The summed E-state index contributed by atoms with van der Waals surface area (Å²) < 4.78 is 5.03. The van der Waals surface area contributed by atoms with E-state index in [9.17, 15) is 0 Å². The van der Waals surface area contributed by atoms with Crippen molar-refractivity contribution < 1.29 is 0 Å². The highest BCUT2D eigenvalue weighted by Gasteiger charge is 2.19. The van der Waals surface area contributed by atoms with Crippen molar-refractivity contribution in [2.24, 2.45) is 0 Å². The molecule has 10 rings (SSSR count). The van der Waals surface area contributed by atoms with Crippen molar-refractivity contribution in [3.63, 3.8) is 0 Å². The number of aromatic nitrogens is 1. The molecule has 0 saturated heterocycles. The van der Waals surface area contributed by atoms with Gasteiger partial charge in [-0.05, 0) is 77.2 Å². The maximum absolute atomic E-state index is 2.42. The summed E-state index contributed by atoms with van der Waals surface area (Å²) in [5.74, 6) is 0. The standard InChI is InChI=1S/C46H30N2S/c1-2-14-34(15-3-1)47(44-22-11-19-39-38-18-7-9-23-45(38)49-46(39)44)35-27-24-31(25-28-35)33-26-29-43-40(30-33)37-17-6-8-20-42(37)48(43)41-21-10-13-32-12-4-5-16-36(32)41/h1-30H. The summed E-state index contributed by atoms with van der Waals surface area (Å²) in [5.41, 5.74) is 9.51. The van der Waals surface area contributed by atoms with Crippen LogP contribution in [0.1, 0.15) is 0 Å². The van der Waals surface area contributed by atoms with Crippen LogP contribution in [0.15, 0.2) is 182 Å². The first kappa shape index (κ1) is 27.9. The van der Waals surface area contributed by atoms with Gasteiger partial charge in [-0.2, -0.15) is 0 Å². The second-order valence-corrected chi connectivity index (χ2v) is 13.6. The lowest BCUT2D eigenvalue weighted by molar-refractivity contribution is 1.20. The summed E-state index contributed by atoms with van der Waals surface area (Å²) >= 11 is 1.87. The van der Waals surface area contributed by atoms with Gasteiger partial charge in [-0.3, -0.25) is 0 Å². The Hall–Kier alpha value is -6.16. The van der Waals surface area contributed by atoms with E-state index >= 15 is 0 Å². The Morgan fingerprint density at radius 1 is 0.408 bits per heavy atom. The highest BCUT2D eigenvalue weighted by Crippen LogP contribution is 2.45. The Morgan fingerprint density at radius 3 is 1.92 bits per heavy atom. The van der Waals surface area contributed by atoms with Gasteiger partial charge in [-0.1, -0.05) is 121 Å². The Kier molecular flexibility index (Phi) is 6.39. The normalized spacial score (nSPS) is 11.7. The van der Waals surface area contributed by atoms with Crippen molar-refractivity contribution in [2.45, 2.75) is 0 Å². The maximum Gasteiger partial charge on any atom is 0.0640 e. The van der Waals surface area contributed by atoms with E-state index in [1.54, 1.807) is 0 Å². The first-order valence-electron chi connectivity index (χ1n) is 16.7. The SMILES string of the molecule is c1ccc(N(c2ccc(-c3ccc4c(c3)c3ccccc3n4-c3cccc4ccccc34)cc2)c2cccc3c2sc2ccccc23)cc1. The summed E-state index contributed by atoms with van der Waals surface area (Å²) in [7, 11) is 0. The molecule has 0 unspecified atom stereocenters. The Morgan fingerprint density at radius 2 is 1.04 bits per heavy atom. The Balaban J connectivity index is 1.10. The molecule has 2 aromatic heterocycles. The van der Waals surface area contributed by atoms with Crippen LogP contribution in [-0.4, -0.2) is 4.57 Å². The molecule has 0 aliphatic rings. The monoisotopic (exact) mass is 642 g/mol. The van der Waals surface area contributed by atoms with Gasteiger partial charge in [-0.15, -0.1) is 11.3 Å². The number of benzene rings is 8. The van der Waals surface area contributed by atoms with Crippen LogP contribution in [0, 0.1) is 0 Å². The number of thiophene rings is 1. The largest absolute Gasteiger partial charge is 0.309 e. The number of hydrogen-bond donors (Lipinski definition) is 0. The number of rotatable bonds is 5. The van der Waals surface area contributed by atoms with Gasteiger partial charge in [0.2, 0.25) is 0 Å². The van der Waals surface area contributed by atoms with E-state index in [-0.39, 0.29) is 0 Å². The average Bonchev–Trinajstić information content (AvgIpc) is 3.72. The predicted octanol–water partition coefficient (Wildman–Crippen LogP) is 13.4. The van der Waals surface area contributed by atoms with Gasteiger partial charge in [0.05, 0.1) is 27.1 Å². The molecular weight excluding hydrogens is 613 g/mol. The molecule has 0 amide bonds. The molecule has 2 nitrogen and oxygen atoms in total. The zero-order valence-electron chi connectivity index (χ0n) is 26.6. The minimum atomic E-state index is 1.13. The minimum absolute atomic E-state index is 1.13. The molecule has 0 saturated carbocycles. The van der Waals surface area contributed by atoms with Crippen LogP contribution in [0.5, 0.6) is 0 Å². The van der Waals surface area contributed by atoms with Crippen LogP contribution >= 0.6 is 11.3 Å². The molecule has 0 atom stereocenters. The van der Waals surface area contributed by atoms with Crippen molar-refractivity contribution >= 4 is 81.1 Å². The molecule has 0 aliphatic carbocycles. The molecule has 230 valence electrons. The molecule has 0 bridgehead atoms. The first-order chi connectivity index (χ1) is 24.3. The zero-order chi connectivity index (χ0) is 32.3. The van der Waals surface area contributed by atoms with E-state index in [2.05, 4.69) is 191 Å². The van der Waals surface area contributed by atoms with Crippen molar-refractivity contribution in [3.8, 4) is 16.8 Å². The molecule has 8 aromatic carbocycles. The van der Waals surface area contributed by atoms with E-state index in [0.717, 1.165) is 11.4 Å². The van der Waals surface area contributed by atoms with Crippen molar-refractivity contribution in [1.82, 2.24) is 4.57 Å². The van der Waals surface area contributed by atoms with Crippen LogP contribution in [0.25, 0.3) is 69.6 Å². The third kappa shape index (κ3) is 4.47. The molecule has 0 N–H and O–H groups in total. The highest BCUT2D eigenvalue weighted by atomic mass is 32.1. The van der Waals surface area contributed by atoms with Gasteiger partial charge in [0, 0.05) is 43.0 Å². The third-order valence-corrected chi connectivity index (χ3v) is 11.0. The maximum atomic E-state index is 2.42. The fraction of sp³-hybridized carbons (Fsp3) is 0. The number of para-hydroxylation sites is 2. The van der Waals surface area contributed by atoms with Gasteiger partial charge < -0.3 is 9.47 Å². The average molecular weight is 643 g/mol. The molecule has 0 aliphatic heterocycles. The van der Waals surface area contributed by atoms with Gasteiger partial charge in [0.1, 0.15) is 0 Å². The molecule has 3 heteroatoms. The molecule has 0 radical (unpaired) electrons. The van der Waals surface area contributed by atoms with Gasteiger partial charge >= 0.3 is 0 Å². The summed E-state index contributed by atoms with van der Waals surface area (Å²) in [4.78, 5) is 2.39. The van der Waals surface area contributed by atoms with Crippen LogP contribution in [0.3, 0.4) is 0 Å². The molecule has 0 spiro atoms. The van der Waals surface area contributed by atoms with Crippen molar-refractivity contribution in [2.75, 3.05) is 4.90 Å². The zero-order valence-corrected chi connectivity index (χ0v) is 27.4. The van der Waals surface area contributed by atoms with E-state index in [1.165, 1.54) is 75.3 Å². The van der Waals surface area contributed by atoms with Crippen LogP contribution in [-0.2, 0) is 0 Å². The summed E-state index contributed by atoms with van der Waals surface area (Å²) in [5, 5.41) is 7.62. The summed E-state index contributed by atoms with van der Waals surface area (Å²) in [6.07, 6.45) is 0. The van der Waals surface area contributed by atoms with E-state index in [0.29, 0.717) is 0 Å². The fourth-order valence-corrected chi connectivity index (χ4v) is 8.74. The van der Waals surface area contributed by atoms with Crippen molar-refractivity contribution in [3.05, 3.63) is 182 Å². The molecular formula is C46H30N2S. The molecule has 49 heavy (non-hydrogen) atoms. The summed E-state index contributed by atoms with van der Waals surface area (Å²) in [6, 6.07) is 66.1. The minimum Gasteiger partial charge on any atom is -0.309 e. The second-order valence-electron chi connectivity index (χ2n) is 12.6. The van der Waals surface area contributed by atoms with Gasteiger partial charge in [-0.25, -0.2) is 0 Å². The summed E-state index contributed by atoms with van der Waals surface area (Å²) in [6.45, 7) is 0. The molecule has 0 fully saturated rings. The Bertz CT molecular complexity index is 2820. The lowest BCUT2D eigenvalue weighted by atomic mass is 10.0.